The lowest BCUT2D eigenvalue weighted by Crippen LogP contribution is -2.44. The summed E-state index contributed by atoms with van der Waals surface area (Å²) in [4.78, 5) is 6.55. The Labute approximate surface area is 105 Å². The van der Waals surface area contributed by atoms with Gasteiger partial charge in [0.15, 0.2) is 0 Å². The van der Waals surface area contributed by atoms with Gasteiger partial charge in [0.25, 0.3) is 0 Å². The predicted molar refractivity (Wildman–Crippen MR) is 66.4 cm³/mol. The first-order valence-corrected chi connectivity index (χ1v) is 6.18. The van der Waals surface area contributed by atoms with E-state index in [1.165, 1.54) is 0 Å². The third-order valence-electron chi connectivity index (χ3n) is 2.67. The number of anilines is 1. The molecule has 0 radical (unpaired) electrons. The molecule has 16 heavy (non-hydrogen) atoms. The second-order valence-corrected chi connectivity index (χ2v) is 4.57. The van der Waals surface area contributed by atoms with Gasteiger partial charge in [-0.25, -0.2) is 4.98 Å². The standard InChI is InChI=1S/C11H14Cl2N2O/c1-8-7-16-3-2-15(8)11-10(13)4-9(5-12)6-14-11/h4,6,8H,2-3,5,7H2,1H3. The lowest BCUT2D eigenvalue weighted by molar-refractivity contribution is 0.0985. The van der Waals surface area contributed by atoms with E-state index >= 15 is 0 Å². The number of pyridine rings is 1. The number of rotatable bonds is 2. The lowest BCUT2D eigenvalue weighted by atomic mass is 10.2. The highest BCUT2D eigenvalue weighted by Crippen LogP contribution is 2.27. The zero-order valence-electron chi connectivity index (χ0n) is 9.12. The molecule has 0 aromatic carbocycles. The highest BCUT2D eigenvalue weighted by Gasteiger charge is 2.22. The maximum atomic E-state index is 6.20. The van der Waals surface area contributed by atoms with Gasteiger partial charge in [-0.05, 0) is 18.6 Å². The van der Waals surface area contributed by atoms with Gasteiger partial charge in [-0.3, -0.25) is 0 Å². The molecule has 1 saturated heterocycles. The summed E-state index contributed by atoms with van der Waals surface area (Å²) in [5.41, 5.74) is 0.941. The van der Waals surface area contributed by atoms with Gasteiger partial charge < -0.3 is 9.64 Å². The molecule has 0 amide bonds. The summed E-state index contributed by atoms with van der Waals surface area (Å²) < 4.78 is 5.38. The first-order valence-electron chi connectivity index (χ1n) is 5.27. The quantitative estimate of drug-likeness (QED) is 0.765. The largest absolute Gasteiger partial charge is 0.377 e. The molecule has 1 aliphatic heterocycles. The first-order chi connectivity index (χ1) is 7.72. The fourth-order valence-corrected chi connectivity index (χ4v) is 2.24. The molecule has 1 fully saturated rings. The molecule has 0 N–H and O–H groups in total. The molecule has 0 spiro atoms. The lowest BCUT2D eigenvalue weighted by Gasteiger charge is -2.34. The summed E-state index contributed by atoms with van der Waals surface area (Å²) in [6.45, 7) is 4.37. The van der Waals surface area contributed by atoms with Crippen LogP contribution in [0.5, 0.6) is 0 Å². The van der Waals surface area contributed by atoms with E-state index in [0.29, 0.717) is 16.9 Å². The molecule has 1 unspecified atom stereocenters. The van der Waals surface area contributed by atoms with Crippen LogP contribution in [0, 0.1) is 0 Å². The van der Waals surface area contributed by atoms with Crippen molar-refractivity contribution in [3.8, 4) is 0 Å². The maximum Gasteiger partial charge on any atom is 0.147 e. The van der Waals surface area contributed by atoms with Crippen molar-refractivity contribution in [2.45, 2.75) is 18.8 Å². The van der Waals surface area contributed by atoms with E-state index in [4.69, 9.17) is 27.9 Å². The van der Waals surface area contributed by atoms with E-state index in [1.807, 2.05) is 6.07 Å². The Hall–Kier alpha value is -0.510. The first kappa shape index (κ1) is 12.0. The normalized spacial score (nSPS) is 21.2. The van der Waals surface area contributed by atoms with Gasteiger partial charge in [0.2, 0.25) is 0 Å². The molecule has 1 aromatic heterocycles. The molecular formula is C11H14Cl2N2O. The van der Waals surface area contributed by atoms with E-state index in [2.05, 4.69) is 16.8 Å². The van der Waals surface area contributed by atoms with Gasteiger partial charge in [0, 0.05) is 18.6 Å². The summed E-state index contributed by atoms with van der Waals surface area (Å²) >= 11 is 11.9. The number of halogens is 2. The van der Waals surface area contributed by atoms with Crippen molar-refractivity contribution in [1.82, 2.24) is 4.98 Å². The van der Waals surface area contributed by atoms with Crippen molar-refractivity contribution in [2.75, 3.05) is 24.7 Å². The summed E-state index contributed by atoms with van der Waals surface area (Å²) in [7, 11) is 0. The fraction of sp³-hybridized carbons (Fsp3) is 0.545. The van der Waals surface area contributed by atoms with E-state index in [-0.39, 0.29) is 0 Å². The Morgan fingerprint density at radius 3 is 3.06 bits per heavy atom. The van der Waals surface area contributed by atoms with Crippen LogP contribution in [0.3, 0.4) is 0 Å². The minimum absolute atomic E-state index is 0.306. The monoisotopic (exact) mass is 260 g/mol. The van der Waals surface area contributed by atoms with Crippen molar-refractivity contribution >= 4 is 29.0 Å². The van der Waals surface area contributed by atoms with Gasteiger partial charge in [-0.15, -0.1) is 11.6 Å². The number of morpholine rings is 1. The molecule has 5 heteroatoms. The fourth-order valence-electron chi connectivity index (χ4n) is 1.80. The van der Waals surface area contributed by atoms with E-state index in [9.17, 15) is 0 Å². The third kappa shape index (κ3) is 2.42. The van der Waals surface area contributed by atoms with Crippen LogP contribution in [0.4, 0.5) is 5.82 Å². The second-order valence-electron chi connectivity index (χ2n) is 3.90. The summed E-state index contributed by atoms with van der Waals surface area (Å²) in [6, 6.07) is 2.18. The summed E-state index contributed by atoms with van der Waals surface area (Å²) in [6.07, 6.45) is 1.77. The molecule has 0 aliphatic carbocycles. The van der Waals surface area contributed by atoms with Gasteiger partial charge in [0.1, 0.15) is 5.82 Å². The number of alkyl halides is 1. The number of hydrogen-bond donors (Lipinski definition) is 0. The van der Waals surface area contributed by atoms with Crippen LogP contribution in [0.1, 0.15) is 12.5 Å². The van der Waals surface area contributed by atoms with E-state index < -0.39 is 0 Å². The van der Waals surface area contributed by atoms with Crippen LogP contribution in [-0.2, 0) is 10.6 Å². The van der Waals surface area contributed by atoms with Gasteiger partial charge in [-0.1, -0.05) is 11.6 Å². The van der Waals surface area contributed by atoms with E-state index in [0.717, 1.165) is 31.1 Å². The average Bonchev–Trinajstić information content (AvgIpc) is 2.30. The Morgan fingerprint density at radius 2 is 2.44 bits per heavy atom. The predicted octanol–water partition coefficient (Wildman–Crippen LogP) is 2.70. The van der Waals surface area contributed by atoms with Crippen LogP contribution in [0.15, 0.2) is 12.3 Å². The molecule has 0 saturated carbocycles. The molecule has 2 rings (SSSR count). The Morgan fingerprint density at radius 1 is 1.62 bits per heavy atom. The number of aromatic nitrogens is 1. The molecular weight excluding hydrogens is 247 g/mol. The summed E-state index contributed by atoms with van der Waals surface area (Å²) in [5.74, 6) is 1.26. The molecule has 1 aliphatic rings. The van der Waals surface area contributed by atoms with Crippen molar-refractivity contribution in [3.63, 3.8) is 0 Å². The van der Waals surface area contributed by atoms with Crippen molar-refractivity contribution < 1.29 is 4.74 Å². The van der Waals surface area contributed by atoms with Crippen molar-refractivity contribution in [2.24, 2.45) is 0 Å². The minimum atomic E-state index is 0.306. The van der Waals surface area contributed by atoms with Crippen LogP contribution >= 0.6 is 23.2 Å². The number of ether oxygens (including phenoxy) is 1. The van der Waals surface area contributed by atoms with Crippen molar-refractivity contribution in [3.05, 3.63) is 22.8 Å². The molecule has 0 bridgehead atoms. The molecule has 88 valence electrons. The zero-order chi connectivity index (χ0) is 11.5. The maximum absolute atomic E-state index is 6.20. The Balaban J connectivity index is 2.25. The SMILES string of the molecule is CC1COCCN1c1ncc(CCl)cc1Cl. The van der Waals surface area contributed by atoms with Gasteiger partial charge in [-0.2, -0.15) is 0 Å². The number of nitrogens with zero attached hydrogens (tertiary/aromatic N) is 2. The van der Waals surface area contributed by atoms with Gasteiger partial charge in [0.05, 0.1) is 24.3 Å². The van der Waals surface area contributed by atoms with Crippen molar-refractivity contribution in [1.29, 1.82) is 0 Å². The highest BCUT2D eigenvalue weighted by atomic mass is 35.5. The summed E-state index contributed by atoms with van der Waals surface area (Å²) in [5, 5.41) is 0.659. The van der Waals surface area contributed by atoms with Gasteiger partial charge >= 0.3 is 0 Å². The third-order valence-corrected chi connectivity index (χ3v) is 3.26. The minimum Gasteiger partial charge on any atom is -0.377 e. The smallest absolute Gasteiger partial charge is 0.147 e. The molecule has 2 heterocycles. The van der Waals surface area contributed by atoms with Crippen LogP contribution in [-0.4, -0.2) is 30.8 Å². The van der Waals surface area contributed by atoms with Crippen LogP contribution in [0.2, 0.25) is 5.02 Å². The Kier molecular flexibility index (Phi) is 3.90. The van der Waals surface area contributed by atoms with Crippen LogP contribution < -0.4 is 4.90 Å². The molecule has 1 atom stereocenters. The number of hydrogen-bond acceptors (Lipinski definition) is 3. The zero-order valence-corrected chi connectivity index (χ0v) is 10.6. The Bertz CT molecular complexity index is 373. The molecule has 1 aromatic rings. The van der Waals surface area contributed by atoms with E-state index in [1.54, 1.807) is 6.20 Å². The highest BCUT2D eigenvalue weighted by molar-refractivity contribution is 6.33. The van der Waals surface area contributed by atoms with Crippen LogP contribution in [0.25, 0.3) is 0 Å². The topological polar surface area (TPSA) is 25.4 Å². The molecule has 3 nitrogen and oxygen atoms in total. The average molecular weight is 261 g/mol. The second kappa shape index (κ2) is 5.21.